The van der Waals surface area contributed by atoms with E-state index in [1.165, 1.54) is 12.3 Å². The summed E-state index contributed by atoms with van der Waals surface area (Å²) in [4.78, 5) is 20.1. The molecule has 0 aliphatic rings. The van der Waals surface area contributed by atoms with Crippen LogP contribution in [0.5, 0.6) is 0 Å². The van der Waals surface area contributed by atoms with Crippen LogP contribution in [0.4, 0.5) is 17.3 Å². The van der Waals surface area contributed by atoms with Gasteiger partial charge in [0.15, 0.2) is 11.6 Å². The van der Waals surface area contributed by atoms with Crippen LogP contribution in [0, 0.1) is 13.8 Å². The van der Waals surface area contributed by atoms with Gasteiger partial charge in [0.25, 0.3) is 0 Å². The third kappa shape index (κ3) is 4.55. The number of carboxylic acid groups (broad SMARTS) is 1. The fourth-order valence-corrected chi connectivity index (χ4v) is 3.36. The van der Waals surface area contributed by atoms with E-state index in [0.29, 0.717) is 28.7 Å². The van der Waals surface area contributed by atoms with Crippen LogP contribution >= 0.6 is 0 Å². The molecule has 0 aliphatic carbocycles. The summed E-state index contributed by atoms with van der Waals surface area (Å²) in [6.45, 7) is 4.03. The maximum Gasteiger partial charge on any atom is 0.335 e. The smallest absolute Gasteiger partial charge is 0.335 e. The molecule has 2 aromatic carbocycles. The van der Waals surface area contributed by atoms with Crippen molar-refractivity contribution in [3.63, 3.8) is 0 Å². The molecule has 0 spiro atoms. The van der Waals surface area contributed by atoms with Crippen molar-refractivity contribution in [1.82, 2.24) is 20.3 Å². The minimum absolute atomic E-state index is 0.177. The zero-order valence-electron chi connectivity index (χ0n) is 18.7. The first-order chi connectivity index (χ1) is 17.0. The number of rotatable bonds is 7. The molecule has 0 radical (unpaired) electrons. The van der Waals surface area contributed by atoms with Crippen molar-refractivity contribution in [3.05, 3.63) is 77.0 Å². The van der Waals surface area contributed by atoms with Crippen molar-refractivity contribution in [2.75, 3.05) is 10.7 Å². The minimum atomic E-state index is -1.00. The number of carbonyl (C=O) groups is 1. The van der Waals surface area contributed by atoms with Crippen molar-refractivity contribution in [2.24, 2.45) is 5.10 Å². The van der Waals surface area contributed by atoms with Crippen LogP contribution in [-0.4, -0.2) is 37.6 Å². The molecule has 5 aromatic rings. The first kappa shape index (κ1) is 21.8. The highest BCUT2D eigenvalue weighted by atomic mass is 16.6. The molecular weight excluding hydrogens is 450 g/mol. The Morgan fingerprint density at radius 1 is 1.00 bits per heavy atom. The first-order valence-corrected chi connectivity index (χ1v) is 10.5. The number of aromatic carboxylic acids is 1. The topological polar surface area (TPSA) is 152 Å². The first-order valence-electron chi connectivity index (χ1n) is 10.5. The summed E-state index contributed by atoms with van der Waals surface area (Å²) >= 11 is 0. The third-order valence-corrected chi connectivity index (χ3v) is 5.36. The predicted octanol–water partition coefficient (Wildman–Crippen LogP) is 4.78. The number of hydrogen-bond acceptors (Lipinski definition) is 10. The van der Waals surface area contributed by atoms with Crippen LogP contribution in [0.3, 0.4) is 0 Å². The minimum Gasteiger partial charge on any atom is -0.478 e. The van der Waals surface area contributed by atoms with E-state index in [2.05, 4.69) is 36.1 Å². The summed E-state index contributed by atoms with van der Waals surface area (Å²) in [5, 5.41) is 24.2. The highest BCUT2D eigenvalue weighted by Crippen LogP contribution is 2.27. The van der Waals surface area contributed by atoms with Crippen LogP contribution in [0.1, 0.15) is 27.2 Å². The normalized spacial score (nSPS) is 11.3. The lowest BCUT2D eigenvalue weighted by Crippen LogP contribution is -2.04. The van der Waals surface area contributed by atoms with Gasteiger partial charge in [-0.3, -0.25) is 5.43 Å². The van der Waals surface area contributed by atoms with Gasteiger partial charge in [-0.15, -0.1) is 0 Å². The Hall–Kier alpha value is -5.06. The number of nitrogens with one attached hydrogen (secondary N) is 2. The van der Waals surface area contributed by atoms with E-state index in [9.17, 15) is 9.90 Å². The molecule has 0 unspecified atom stereocenters. The number of aryl methyl sites for hydroxylation is 1. The molecule has 3 N–H and O–H groups in total. The Bertz CT molecular complexity index is 1570. The molecule has 3 heterocycles. The molecule has 174 valence electrons. The van der Waals surface area contributed by atoms with E-state index in [1.807, 2.05) is 32.0 Å². The van der Waals surface area contributed by atoms with Crippen LogP contribution in [0.25, 0.3) is 22.6 Å². The second-order valence-corrected chi connectivity index (χ2v) is 7.66. The van der Waals surface area contributed by atoms with Crippen molar-refractivity contribution < 1.29 is 18.9 Å². The standard InChI is InChI=1S/C24H19N7O4/c1-13-5-3-8-18(14(13)2)26-20-21(28-23-22(27-20)30-35-31-23)29-25-12-17-9-10-19(34-17)15-6-4-7-16(11-15)24(32)33/h3-12H,1-2H3,(H,32,33)(H,26,27,30)(H,28,29,31). The number of fused-ring (bicyclic) bond motifs is 1. The third-order valence-electron chi connectivity index (χ3n) is 5.36. The molecule has 0 atom stereocenters. The van der Waals surface area contributed by atoms with Gasteiger partial charge in [-0.2, -0.15) is 10.1 Å². The summed E-state index contributed by atoms with van der Waals surface area (Å²) in [6, 6.07) is 15.9. The monoisotopic (exact) mass is 469 g/mol. The SMILES string of the molecule is Cc1cccc(Nc2nc3nonc3nc2NN=Cc2ccc(-c3cccc(C(=O)O)c3)o2)c1C. The molecule has 11 nitrogen and oxygen atoms in total. The highest BCUT2D eigenvalue weighted by Gasteiger charge is 2.14. The fraction of sp³-hybridized carbons (Fsp3) is 0.0833. The summed E-state index contributed by atoms with van der Waals surface area (Å²) in [7, 11) is 0. The van der Waals surface area contributed by atoms with E-state index in [0.717, 1.165) is 16.8 Å². The summed E-state index contributed by atoms with van der Waals surface area (Å²) in [5.41, 5.74) is 7.22. The van der Waals surface area contributed by atoms with Gasteiger partial charge in [-0.05, 0) is 65.6 Å². The van der Waals surface area contributed by atoms with Gasteiger partial charge in [0, 0.05) is 11.3 Å². The van der Waals surface area contributed by atoms with Crippen LogP contribution in [-0.2, 0) is 0 Å². The molecule has 35 heavy (non-hydrogen) atoms. The Morgan fingerprint density at radius 3 is 2.57 bits per heavy atom. The van der Waals surface area contributed by atoms with Gasteiger partial charge in [0.2, 0.25) is 11.3 Å². The molecule has 5 rings (SSSR count). The Kier molecular flexibility index (Phi) is 5.63. The molecule has 0 aliphatic heterocycles. The lowest BCUT2D eigenvalue weighted by atomic mass is 10.1. The van der Waals surface area contributed by atoms with Crippen molar-refractivity contribution in [3.8, 4) is 11.3 Å². The lowest BCUT2D eigenvalue weighted by molar-refractivity contribution is 0.0697. The largest absolute Gasteiger partial charge is 0.478 e. The maximum absolute atomic E-state index is 11.2. The van der Waals surface area contributed by atoms with E-state index in [1.54, 1.807) is 30.3 Å². The van der Waals surface area contributed by atoms with E-state index >= 15 is 0 Å². The number of anilines is 3. The van der Waals surface area contributed by atoms with Crippen molar-refractivity contribution in [1.29, 1.82) is 0 Å². The fourth-order valence-electron chi connectivity index (χ4n) is 3.36. The van der Waals surface area contributed by atoms with Crippen LogP contribution in [0.15, 0.2) is 68.7 Å². The number of furan rings is 1. The second-order valence-electron chi connectivity index (χ2n) is 7.66. The van der Waals surface area contributed by atoms with Crippen molar-refractivity contribution in [2.45, 2.75) is 13.8 Å². The van der Waals surface area contributed by atoms with Crippen LogP contribution < -0.4 is 10.7 Å². The summed E-state index contributed by atoms with van der Waals surface area (Å²) in [6.07, 6.45) is 1.47. The van der Waals surface area contributed by atoms with Crippen LogP contribution in [0.2, 0.25) is 0 Å². The number of carboxylic acids is 1. The lowest BCUT2D eigenvalue weighted by Gasteiger charge is -2.12. The summed E-state index contributed by atoms with van der Waals surface area (Å²) < 4.78 is 10.5. The van der Waals surface area contributed by atoms with Gasteiger partial charge in [-0.25, -0.2) is 14.4 Å². The molecule has 11 heteroatoms. The average molecular weight is 469 g/mol. The van der Waals surface area contributed by atoms with E-state index in [4.69, 9.17) is 9.05 Å². The highest BCUT2D eigenvalue weighted by molar-refractivity contribution is 5.89. The molecule has 0 amide bonds. The molecule has 0 saturated heterocycles. The average Bonchev–Trinajstić information content (AvgIpc) is 3.51. The molecule has 3 aromatic heterocycles. The van der Waals surface area contributed by atoms with Gasteiger partial charge in [0.1, 0.15) is 11.5 Å². The Morgan fingerprint density at radius 2 is 1.77 bits per heavy atom. The quantitative estimate of drug-likeness (QED) is 0.224. The zero-order valence-corrected chi connectivity index (χ0v) is 18.7. The second kappa shape index (κ2) is 9.06. The van der Waals surface area contributed by atoms with Gasteiger partial charge in [-0.1, -0.05) is 24.3 Å². The molecular formula is C24H19N7O4. The van der Waals surface area contributed by atoms with E-state index < -0.39 is 5.97 Å². The molecule has 0 saturated carbocycles. The van der Waals surface area contributed by atoms with Gasteiger partial charge in [0.05, 0.1) is 11.8 Å². The molecule has 0 fully saturated rings. The molecule has 0 bridgehead atoms. The number of aromatic nitrogens is 4. The van der Waals surface area contributed by atoms with E-state index in [-0.39, 0.29) is 16.9 Å². The zero-order chi connectivity index (χ0) is 24.4. The maximum atomic E-state index is 11.2. The predicted molar refractivity (Wildman–Crippen MR) is 129 cm³/mol. The Balaban J connectivity index is 1.39. The Labute approximate surface area is 198 Å². The number of benzene rings is 2. The van der Waals surface area contributed by atoms with Gasteiger partial charge >= 0.3 is 5.97 Å². The number of hydrazone groups is 1. The van der Waals surface area contributed by atoms with Crippen molar-refractivity contribution >= 4 is 40.8 Å². The van der Waals surface area contributed by atoms with Gasteiger partial charge < -0.3 is 14.8 Å². The number of nitrogens with zero attached hydrogens (tertiary/aromatic N) is 5. The number of hydrogen-bond donors (Lipinski definition) is 3. The summed E-state index contributed by atoms with van der Waals surface area (Å²) in [5.74, 6) is 0.669.